The molecule has 0 aliphatic heterocycles. The van der Waals surface area contributed by atoms with Gasteiger partial charge in [0.2, 0.25) is 23.6 Å². The Hall–Kier alpha value is -4.21. The van der Waals surface area contributed by atoms with Gasteiger partial charge in [0.15, 0.2) is 5.96 Å². The lowest BCUT2D eigenvalue weighted by atomic mass is 10.0. The zero-order chi connectivity index (χ0) is 28.8. The molecule has 0 bridgehead atoms. The number of H-pyrrole nitrogens is 1. The quantitative estimate of drug-likeness (QED) is 0.0543. The number of imidazole rings is 1. The maximum absolute atomic E-state index is 13.2. The van der Waals surface area contributed by atoms with Crippen LogP contribution in [0.3, 0.4) is 0 Å². The Balaban J connectivity index is 3.04. The number of aromatic amines is 1. The fraction of sp³-hybridized carbons (Fsp3) is 0.591. The highest BCUT2D eigenvalue weighted by Gasteiger charge is 2.31. The highest BCUT2D eigenvalue weighted by atomic mass is 16.4. The second-order valence-corrected chi connectivity index (χ2v) is 9.16. The van der Waals surface area contributed by atoms with E-state index < -0.39 is 60.2 Å². The Morgan fingerprint density at radius 3 is 2.13 bits per heavy atom. The number of guanidine groups is 1. The summed E-state index contributed by atoms with van der Waals surface area (Å²) < 4.78 is 0. The summed E-state index contributed by atoms with van der Waals surface area (Å²) in [6.07, 6.45) is 2.90. The molecule has 0 fully saturated rings. The molecule has 13 N–H and O–H groups in total. The van der Waals surface area contributed by atoms with Gasteiger partial charge in [-0.1, -0.05) is 13.8 Å². The van der Waals surface area contributed by atoms with E-state index in [1.54, 1.807) is 0 Å². The summed E-state index contributed by atoms with van der Waals surface area (Å²) in [6, 6.07) is -4.83. The smallest absolute Gasteiger partial charge is 0.326 e. The number of aliphatic imine (C=N–C) groups is 1. The summed E-state index contributed by atoms with van der Waals surface area (Å²) >= 11 is 0. The Labute approximate surface area is 219 Å². The number of primary amides is 1. The van der Waals surface area contributed by atoms with Crippen molar-refractivity contribution in [3.8, 4) is 0 Å². The first-order valence-electron chi connectivity index (χ1n) is 12.0. The fourth-order valence-electron chi connectivity index (χ4n) is 3.42. The first-order valence-corrected chi connectivity index (χ1v) is 12.0. The lowest BCUT2D eigenvalue weighted by Gasteiger charge is -2.26. The summed E-state index contributed by atoms with van der Waals surface area (Å²) in [5, 5.41) is 17.1. The number of aliphatic carboxylic acids is 1. The van der Waals surface area contributed by atoms with Crippen molar-refractivity contribution in [2.45, 2.75) is 70.1 Å². The van der Waals surface area contributed by atoms with E-state index in [9.17, 15) is 29.1 Å². The normalized spacial score (nSPS) is 14.0. The molecule has 0 spiro atoms. The molecule has 1 aromatic rings. The second kappa shape index (κ2) is 15.8. The molecule has 38 heavy (non-hydrogen) atoms. The van der Waals surface area contributed by atoms with Crippen LogP contribution in [0.1, 0.15) is 45.2 Å². The molecule has 4 amide bonds. The van der Waals surface area contributed by atoms with E-state index in [1.165, 1.54) is 12.5 Å². The molecule has 0 aliphatic carbocycles. The molecule has 4 atom stereocenters. The number of nitrogens with zero attached hydrogens (tertiary/aromatic N) is 2. The van der Waals surface area contributed by atoms with Crippen molar-refractivity contribution in [2.75, 3.05) is 6.54 Å². The standard InChI is InChI=1S/C22H38N10O6/c1-11(2)6-15(31-18(34)13(23)8-17(24)33)19(35)32-16(7-12-9-27-10-29-12)20(36)30-14(21(37)38)4-3-5-28-22(25)26/h9-11,13-16H,3-8,23H2,1-2H3,(H2,24,33)(H,27,29)(H,30,36)(H,31,34)(H,32,35)(H,37,38)(H4,25,26,28). The molecule has 212 valence electrons. The number of carboxylic acid groups (broad SMARTS) is 1. The third-order valence-corrected chi connectivity index (χ3v) is 5.27. The van der Waals surface area contributed by atoms with Gasteiger partial charge in [-0.05, 0) is 25.2 Å². The van der Waals surface area contributed by atoms with Gasteiger partial charge in [0.25, 0.3) is 0 Å². The number of aromatic nitrogens is 2. The van der Waals surface area contributed by atoms with Crippen molar-refractivity contribution < 1.29 is 29.1 Å². The van der Waals surface area contributed by atoms with Crippen molar-refractivity contribution in [3.05, 3.63) is 18.2 Å². The van der Waals surface area contributed by atoms with Crippen LogP contribution in [0.2, 0.25) is 0 Å². The van der Waals surface area contributed by atoms with Crippen LogP contribution >= 0.6 is 0 Å². The topological polar surface area (TPSA) is 287 Å². The average molecular weight is 539 g/mol. The van der Waals surface area contributed by atoms with Gasteiger partial charge in [0.05, 0.1) is 18.8 Å². The maximum Gasteiger partial charge on any atom is 0.326 e. The lowest BCUT2D eigenvalue weighted by molar-refractivity contribution is -0.142. The molecule has 0 saturated heterocycles. The molecule has 16 nitrogen and oxygen atoms in total. The third-order valence-electron chi connectivity index (χ3n) is 5.27. The van der Waals surface area contributed by atoms with E-state index in [4.69, 9.17) is 22.9 Å². The number of carbonyl (C=O) groups is 5. The van der Waals surface area contributed by atoms with E-state index >= 15 is 0 Å². The van der Waals surface area contributed by atoms with Crippen LogP contribution in [0.4, 0.5) is 0 Å². The van der Waals surface area contributed by atoms with Crippen molar-refractivity contribution in [1.29, 1.82) is 0 Å². The van der Waals surface area contributed by atoms with Crippen LogP contribution in [0, 0.1) is 5.92 Å². The maximum atomic E-state index is 13.2. The predicted octanol–water partition coefficient (Wildman–Crippen LogP) is -3.21. The van der Waals surface area contributed by atoms with E-state index in [0.29, 0.717) is 5.69 Å². The molecule has 0 aromatic carbocycles. The van der Waals surface area contributed by atoms with Gasteiger partial charge < -0.3 is 49.0 Å². The van der Waals surface area contributed by atoms with Crippen LogP contribution in [0.5, 0.6) is 0 Å². The van der Waals surface area contributed by atoms with E-state index in [-0.39, 0.29) is 44.1 Å². The summed E-state index contributed by atoms with van der Waals surface area (Å²) in [4.78, 5) is 72.0. The highest BCUT2D eigenvalue weighted by Crippen LogP contribution is 2.08. The van der Waals surface area contributed by atoms with Crippen molar-refractivity contribution in [1.82, 2.24) is 25.9 Å². The molecule has 1 rings (SSSR count). The summed E-state index contributed by atoms with van der Waals surface area (Å²) in [6.45, 7) is 3.82. The van der Waals surface area contributed by atoms with Gasteiger partial charge in [-0.15, -0.1) is 0 Å². The number of rotatable bonds is 17. The fourth-order valence-corrected chi connectivity index (χ4v) is 3.42. The van der Waals surface area contributed by atoms with Crippen LogP contribution in [0.15, 0.2) is 17.5 Å². The Morgan fingerprint density at radius 1 is 1.00 bits per heavy atom. The Bertz CT molecular complexity index is 977. The summed E-state index contributed by atoms with van der Waals surface area (Å²) in [5.41, 5.74) is 21.8. The van der Waals surface area contributed by atoms with Crippen molar-refractivity contribution in [2.24, 2.45) is 33.8 Å². The molecule has 16 heteroatoms. The Morgan fingerprint density at radius 2 is 1.61 bits per heavy atom. The first-order chi connectivity index (χ1) is 17.8. The van der Waals surface area contributed by atoms with Crippen molar-refractivity contribution in [3.63, 3.8) is 0 Å². The molecular formula is C22H38N10O6. The van der Waals surface area contributed by atoms with Crippen LogP contribution < -0.4 is 38.9 Å². The van der Waals surface area contributed by atoms with Gasteiger partial charge in [-0.2, -0.15) is 0 Å². The van der Waals surface area contributed by atoms with E-state index in [0.717, 1.165) is 0 Å². The molecule has 1 heterocycles. The number of carbonyl (C=O) groups excluding carboxylic acids is 4. The zero-order valence-electron chi connectivity index (χ0n) is 21.5. The minimum atomic E-state index is -1.27. The number of hydrogen-bond acceptors (Lipinski definition) is 8. The van der Waals surface area contributed by atoms with Gasteiger partial charge >= 0.3 is 5.97 Å². The molecule has 0 radical (unpaired) electrons. The average Bonchev–Trinajstić information content (AvgIpc) is 3.32. The summed E-state index contributed by atoms with van der Waals surface area (Å²) in [5.74, 6) is -4.45. The largest absolute Gasteiger partial charge is 0.480 e. The third kappa shape index (κ3) is 12.2. The number of nitrogens with one attached hydrogen (secondary N) is 4. The zero-order valence-corrected chi connectivity index (χ0v) is 21.5. The van der Waals surface area contributed by atoms with Crippen molar-refractivity contribution >= 4 is 35.6 Å². The van der Waals surface area contributed by atoms with E-state index in [2.05, 4.69) is 30.9 Å². The van der Waals surface area contributed by atoms with Crippen LogP contribution in [-0.4, -0.2) is 81.3 Å². The van der Waals surface area contributed by atoms with Crippen LogP contribution in [-0.2, 0) is 30.4 Å². The lowest BCUT2D eigenvalue weighted by Crippen LogP contribution is -2.58. The minimum Gasteiger partial charge on any atom is -0.480 e. The number of nitrogens with two attached hydrogens (primary N) is 4. The second-order valence-electron chi connectivity index (χ2n) is 9.16. The van der Waals surface area contributed by atoms with Gasteiger partial charge in [-0.3, -0.25) is 24.2 Å². The van der Waals surface area contributed by atoms with Gasteiger partial charge in [0, 0.05) is 24.9 Å². The summed E-state index contributed by atoms with van der Waals surface area (Å²) in [7, 11) is 0. The Kier molecular flexibility index (Phi) is 13.2. The van der Waals surface area contributed by atoms with Gasteiger partial charge in [-0.25, -0.2) is 9.78 Å². The SMILES string of the molecule is CC(C)CC(NC(=O)C(N)CC(N)=O)C(=O)NC(Cc1cnc[nH]1)C(=O)NC(CCCN=C(N)N)C(=O)O. The molecule has 0 saturated carbocycles. The van der Waals surface area contributed by atoms with E-state index in [1.807, 2.05) is 13.8 Å². The molecule has 0 aliphatic rings. The predicted molar refractivity (Wildman–Crippen MR) is 137 cm³/mol. The number of hydrogen-bond donors (Lipinski definition) is 9. The number of amides is 4. The van der Waals surface area contributed by atoms with Gasteiger partial charge in [0.1, 0.15) is 18.1 Å². The number of carboxylic acids is 1. The highest BCUT2D eigenvalue weighted by molar-refractivity contribution is 5.95. The monoisotopic (exact) mass is 538 g/mol. The minimum absolute atomic E-state index is 0.0341. The molecule has 1 aromatic heterocycles. The first kappa shape index (κ1) is 31.8. The molecular weight excluding hydrogens is 500 g/mol. The van der Waals surface area contributed by atoms with Crippen LogP contribution in [0.25, 0.3) is 0 Å². The molecule has 4 unspecified atom stereocenters.